The summed E-state index contributed by atoms with van der Waals surface area (Å²) in [5, 5.41) is 9.08. The van der Waals surface area contributed by atoms with Crippen LogP contribution < -0.4 is 0 Å². The molecule has 0 heterocycles. The van der Waals surface area contributed by atoms with Gasteiger partial charge in [0.15, 0.2) is 0 Å². The third kappa shape index (κ3) is 10.0. The van der Waals surface area contributed by atoms with E-state index in [1.165, 1.54) is 6.92 Å². The topological polar surface area (TPSA) is 92.7 Å². The molecule has 0 aromatic heterocycles. The Hall–Kier alpha value is -0.930. The largest absolute Gasteiger partial charge is 0.540 e. The van der Waals surface area contributed by atoms with Crippen molar-refractivity contribution in [3.8, 4) is 0 Å². The van der Waals surface area contributed by atoms with E-state index >= 15 is 0 Å². The maximum Gasteiger partial charge on any atom is 0.540 e. The molecule has 0 saturated heterocycles. The first kappa shape index (κ1) is 23.1. The van der Waals surface area contributed by atoms with E-state index in [2.05, 4.69) is 9.78 Å². The summed E-state index contributed by atoms with van der Waals surface area (Å²) < 4.78 is 4.82. The van der Waals surface area contributed by atoms with Crippen molar-refractivity contribution in [1.29, 1.82) is 0 Å². The van der Waals surface area contributed by atoms with Gasteiger partial charge >= 0.3 is 6.16 Å². The van der Waals surface area contributed by atoms with Crippen LogP contribution >= 0.6 is 0 Å². The summed E-state index contributed by atoms with van der Waals surface area (Å²) in [6.07, 6.45) is -0.596. The van der Waals surface area contributed by atoms with E-state index in [0.717, 1.165) is 0 Å². The minimum absolute atomic E-state index is 0.148. The molecule has 0 saturated carbocycles. The molecule has 0 aliphatic carbocycles. The molecule has 1 N–H and O–H groups in total. The second kappa shape index (κ2) is 10.1. The lowest BCUT2D eigenvalue weighted by molar-refractivity contribution is -0.567. The first-order chi connectivity index (χ1) is 10.9. The fourth-order valence-electron chi connectivity index (χ4n) is 2.16. The minimum Gasteiger partial charge on any atom is -0.430 e. The van der Waals surface area contributed by atoms with Crippen LogP contribution in [-0.2, 0) is 29.2 Å². The molecule has 8 nitrogen and oxygen atoms in total. The SMILES string of the molecule is CC(C)CC(C)(OO)OOC(C)(CC(C)C)OOC(=O)OC(C)C. The minimum atomic E-state index is -1.40. The Morgan fingerprint density at radius 2 is 1.33 bits per heavy atom. The molecule has 0 aliphatic rings. The first-order valence-electron chi connectivity index (χ1n) is 8.17. The average molecular weight is 352 g/mol. The van der Waals surface area contributed by atoms with Crippen molar-refractivity contribution in [2.24, 2.45) is 11.8 Å². The normalized spacial score (nSPS) is 17.0. The summed E-state index contributed by atoms with van der Waals surface area (Å²) in [6, 6.07) is 0. The third-order valence-corrected chi connectivity index (χ3v) is 2.76. The zero-order valence-electron chi connectivity index (χ0n) is 16.0. The number of carbonyl (C=O) groups is 1. The van der Waals surface area contributed by atoms with Gasteiger partial charge in [-0.25, -0.2) is 14.9 Å². The molecule has 2 unspecified atom stereocenters. The third-order valence-electron chi connectivity index (χ3n) is 2.76. The van der Waals surface area contributed by atoms with E-state index in [9.17, 15) is 4.79 Å². The van der Waals surface area contributed by atoms with Crippen molar-refractivity contribution < 1.29 is 39.2 Å². The van der Waals surface area contributed by atoms with Gasteiger partial charge in [0.2, 0.25) is 11.6 Å². The maximum absolute atomic E-state index is 11.5. The van der Waals surface area contributed by atoms with Crippen LogP contribution in [0.2, 0.25) is 0 Å². The molecule has 0 fully saturated rings. The lowest BCUT2D eigenvalue weighted by Crippen LogP contribution is -2.41. The Bertz CT molecular complexity index is 371. The Kier molecular flexibility index (Phi) is 9.76. The van der Waals surface area contributed by atoms with Gasteiger partial charge in [-0.15, -0.1) is 4.89 Å². The van der Waals surface area contributed by atoms with E-state index in [1.54, 1.807) is 20.8 Å². The van der Waals surface area contributed by atoms with Crippen molar-refractivity contribution in [1.82, 2.24) is 0 Å². The highest BCUT2D eigenvalue weighted by atomic mass is 17.3. The number of rotatable bonds is 11. The van der Waals surface area contributed by atoms with Gasteiger partial charge in [-0.2, -0.15) is 9.78 Å². The second-order valence-electron chi connectivity index (χ2n) is 7.30. The molecule has 0 radical (unpaired) electrons. The Labute approximate surface area is 144 Å². The van der Waals surface area contributed by atoms with Crippen molar-refractivity contribution in [3.05, 3.63) is 0 Å². The van der Waals surface area contributed by atoms with Crippen molar-refractivity contribution in [2.45, 2.75) is 85.9 Å². The molecule has 144 valence electrons. The van der Waals surface area contributed by atoms with Gasteiger partial charge in [0.25, 0.3) is 0 Å². The van der Waals surface area contributed by atoms with Gasteiger partial charge in [0.05, 0.1) is 6.10 Å². The summed E-state index contributed by atoms with van der Waals surface area (Å²) in [5.74, 6) is -2.45. The quantitative estimate of drug-likeness (QED) is 0.252. The molecule has 0 amide bonds. The molecule has 0 aliphatic heterocycles. The standard InChI is InChI=1S/C16H32O8/c1-11(2)9-15(7,21-18)23-24-16(8,10-12(3)4)22-20-14(17)19-13(5)6/h11-13,18H,9-10H2,1-8H3. The number of hydrogen-bond acceptors (Lipinski definition) is 8. The van der Waals surface area contributed by atoms with Crippen LogP contribution in [0.25, 0.3) is 0 Å². The van der Waals surface area contributed by atoms with Crippen LogP contribution in [0.5, 0.6) is 0 Å². The molecule has 24 heavy (non-hydrogen) atoms. The van der Waals surface area contributed by atoms with E-state index < -0.39 is 17.7 Å². The van der Waals surface area contributed by atoms with Crippen LogP contribution in [0.15, 0.2) is 0 Å². The highest BCUT2D eigenvalue weighted by Crippen LogP contribution is 2.29. The molecule has 2 atom stereocenters. The Morgan fingerprint density at radius 3 is 1.75 bits per heavy atom. The molecule has 0 spiro atoms. The first-order valence-corrected chi connectivity index (χ1v) is 8.17. The lowest BCUT2D eigenvalue weighted by atomic mass is 10.0. The predicted octanol–water partition coefficient (Wildman–Crippen LogP) is 4.44. The Balaban J connectivity index is 4.81. The fourth-order valence-corrected chi connectivity index (χ4v) is 2.16. The fraction of sp³-hybridized carbons (Fsp3) is 0.938. The van der Waals surface area contributed by atoms with Gasteiger partial charge in [-0.3, -0.25) is 4.89 Å². The monoisotopic (exact) mass is 352 g/mol. The summed E-state index contributed by atoms with van der Waals surface area (Å²) in [5.41, 5.74) is 0. The number of carbonyl (C=O) groups excluding carboxylic acids is 1. The smallest absolute Gasteiger partial charge is 0.430 e. The highest BCUT2D eigenvalue weighted by molar-refractivity contribution is 5.59. The summed E-state index contributed by atoms with van der Waals surface area (Å²) in [4.78, 5) is 36.1. The van der Waals surface area contributed by atoms with Gasteiger partial charge in [0, 0.05) is 12.8 Å². The van der Waals surface area contributed by atoms with E-state index in [-0.39, 0.29) is 17.9 Å². The van der Waals surface area contributed by atoms with Crippen molar-refractivity contribution >= 4 is 6.16 Å². The van der Waals surface area contributed by atoms with Crippen LogP contribution in [0, 0.1) is 11.8 Å². The van der Waals surface area contributed by atoms with Gasteiger partial charge in [-0.1, -0.05) is 27.7 Å². The van der Waals surface area contributed by atoms with E-state index in [1.807, 2.05) is 27.7 Å². The number of hydrogen-bond donors (Lipinski definition) is 1. The predicted molar refractivity (Wildman–Crippen MR) is 85.4 cm³/mol. The molecule has 0 rings (SSSR count). The molecule has 0 bridgehead atoms. The summed E-state index contributed by atoms with van der Waals surface area (Å²) in [7, 11) is 0. The zero-order valence-corrected chi connectivity index (χ0v) is 16.0. The summed E-state index contributed by atoms with van der Waals surface area (Å²) in [6.45, 7) is 14.2. The van der Waals surface area contributed by atoms with Crippen LogP contribution in [0.1, 0.15) is 68.2 Å². The van der Waals surface area contributed by atoms with Crippen LogP contribution in [0.4, 0.5) is 4.79 Å². The lowest BCUT2D eigenvalue weighted by Gasteiger charge is -2.32. The summed E-state index contributed by atoms with van der Waals surface area (Å²) >= 11 is 0. The second-order valence-corrected chi connectivity index (χ2v) is 7.30. The molecule has 0 aromatic carbocycles. The van der Waals surface area contributed by atoms with Crippen molar-refractivity contribution in [2.75, 3.05) is 0 Å². The van der Waals surface area contributed by atoms with Crippen LogP contribution in [-0.4, -0.2) is 29.1 Å². The van der Waals surface area contributed by atoms with Crippen molar-refractivity contribution in [3.63, 3.8) is 0 Å². The number of ether oxygens (including phenoxy) is 1. The van der Waals surface area contributed by atoms with E-state index in [0.29, 0.717) is 12.8 Å². The maximum atomic E-state index is 11.5. The molecular formula is C16H32O8. The van der Waals surface area contributed by atoms with Gasteiger partial charge in [-0.05, 0) is 39.5 Å². The highest BCUT2D eigenvalue weighted by Gasteiger charge is 2.38. The van der Waals surface area contributed by atoms with E-state index in [4.69, 9.17) is 24.7 Å². The molecule has 0 aromatic rings. The van der Waals surface area contributed by atoms with Gasteiger partial charge in [0.1, 0.15) is 0 Å². The molecular weight excluding hydrogens is 320 g/mol. The average Bonchev–Trinajstić information content (AvgIpc) is 2.41. The Morgan fingerprint density at radius 1 is 0.875 bits per heavy atom. The zero-order chi connectivity index (χ0) is 19.0. The molecule has 8 heteroatoms. The van der Waals surface area contributed by atoms with Gasteiger partial charge < -0.3 is 4.74 Å². The van der Waals surface area contributed by atoms with Crippen LogP contribution in [0.3, 0.4) is 0 Å².